The van der Waals surface area contributed by atoms with E-state index in [0.29, 0.717) is 13.1 Å². The van der Waals surface area contributed by atoms with Gasteiger partial charge in [-0.15, -0.1) is 0 Å². The molecule has 1 amide bonds. The molecular weight excluding hydrogens is 208 g/mol. The van der Waals surface area contributed by atoms with E-state index in [9.17, 15) is 4.79 Å². The molecule has 0 aliphatic carbocycles. The summed E-state index contributed by atoms with van der Waals surface area (Å²) in [7, 11) is 0. The van der Waals surface area contributed by atoms with Gasteiger partial charge in [-0.1, -0.05) is 5.16 Å². The first-order valence-electron chi connectivity index (χ1n) is 5.43. The maximum Gasteiger partial charge on any atom is 0.234 e. The highest BCUT2D eigenvalue weighted by Crippen LogP contribution is 1.94. The zero-order valence-corrected chi connectivity index (χ0v) is 9.11. The Bertz CT molecular complexity index is 320. The average molecular weight is 224 g/mol. The minimum absolute atomic E-state index is 0.0323. The quantitative estimate of drug-likeness (QED) is 0.700. The van der Waals surface area contributed by atoms with Crippen molar-refractivity contribution in [1.82, 2.24) is 20.7 Å². The number of amides is 1. The Morgan fingerprint density at radius 2 is 2.38 bits per heavy atom. The fourth-order valence-electron chi connectivity index (χ4n) is 1.65. The van der Waals surface area contributed by atoms with Crippen molar-refractivity contribution >= 4 is 5.91 Å². The number of hydrogen-bond acceptors (Lipinski definition) is 5. The molecule has 16 heavy (non-hydrogen) atoms. The molecule has 0 unspecified atom stereocenters. The number of hydrogen-bond donors (Lipinski definition) is 2. The van der Waals surface area contributed by atoms with Crippen LogP contribution in [0.15, 0.2) is 16.9 Å². The second kappa shape index (κ2) is 5.62. The molecule has 1 aliphatic heterocycles. The van der Waals surface area contributed by atoms with Gasteiger partial charge in [0.15, 0.2) is 0 Å². The summed E-state index contributed by atoms with van der Waals surface area (Å²) in [4.78, 5) is 13.7. The first-order valence-corrected chi connectivity index (χ1v) is 5.43. The van der Waals surface area contributed by atoms with Crippen molar-refractivity contribution in [1.29, 1.82) is 0 Å². The van der Waals surface area contributed by atoms with Crippen LogP contribution in [0.1, 0.15) is 5.69 Å². The lowest BCUT2D eigenvalue weighted by Crippen LogP contribution is -2.47. The van der Waals surface area contributed by atoms with Crippen molar-refractivity contribution in [2.75, 3.05) is 32.7 Å². The number of carbonyl (C=O) groups is 1. The summed E-state index contributed by atoms with van der Waals surface area (Å²) in [6, 6.07) is 1.74. The third-order valence-corrected chi connectivity index (χ3v) is 2.53. The van der Waals surface area contributed by atoms with E-state index in [-0.39, 0.29) is 5.91 Å². The van der Waals surface area contributed by atoms with Crippen LogP contribution in [0.25, 0.3) is 0 Å². The molecule has 0 radical (unpaired) electrons. The highest BCUT2D eigenvalue weighted by atomic mass is 16.5. The van der Waals surface area contributed by atoms with Crippen molar-refractivity contribution in [3.63, 3.8) is 0 Å². The van der Waals surface area contributed by atoms with Gasteiger partial charge >= 0.3 is 0 Å². The highest BCUT2D eigenvalue weighted by Gasteiger charge is 2.13. The zero-order valence-electron chi connectivity index (χ0n) is 9.11. The van der Waals surface area contributed by atoms with Gasteiger partial charge in [0.1, 0.15) is 12.0 Å². The van der Waals surface area contributed by atoms with Gasteiger partial charge in [0.2, 0.25) is 5.91 Å². The summed E-state index contributed by atoms with van der Waals surface area (Å²) in [5.41, 5.74) is 0.744. The SMILES string of the molecule is O=C(CN1CCNCC1)NCc1ccon1. The van der Waals surface area contributed by atoms with Gasteiger partial charge in [-0.25, -0.2) is 0 Å². The van der Waals surface area contributed by atoms with Gasteiger partial charge in [0, 0.05) is 32.2 Å². The normalized spacial score (nSPS) is 17.2. The van der Waals surface area contributed by atoms with Gasteiger partial charge in [0.05, 0.1) is 13.1 Å². The maximum absolute atomic E-state index is 11.6. The molecule has 1 aromatic rings. The summed E-state index contributed by atoms with van der Waals surface area (Å²) in [5.74, 6) is 0.0323. The number of piperazine rings is 1. The first-order chi connectivity index (χ1) is 7.84. The van der Waals surface area contributed by atoms with Crippen LogP contribution < -0.4 is 10.6 Å². The Morgan fingerprint density at radius 1 is 1.56 bits per heavy atom. The Balaban J connectivity index is 1.67. The lowest BCUT2D eigenvalue weighted by Gasteiger charge is -2.26. The number of rotatable bonds is 4. The summed E-state index contributed by atoms with van der Waals surface area (Å²) < 4.78 is 4.68. The standard InChI is InChI=1S/C10H16N4O2/c15-10(8-14-4-2-11-3-5-14)12-7-9-1-6-16-13-9/h1,6,11H,2-5,7-8H2,(H,12,15). The van der Waals surface area contributed by atoms with E-state index in [1.807, 2.05) is 0 Å². The van der Waals surface area contributed by atoms with Crippen molar-refractivity contribution in [3.8, 4) is 0 Å². The van der Waals surface area contributed by atoms with E-state index >= 15 is 0 Å². The van der Waals surface area contributed by atoms with E-state index < -0.39 is 0 Å². The number of aromatic nitrogens is 1. The zero-order chi connectivity index (χ0) is 11.2. The molecular formula is C10H16N4O2. The molecule has 2 rings (SSSR count). The maximum atomic E-state index is 11.6. The lowest BCUT2D eigenvalue weighted by molar-refractivity contribution is -0.122. The topological polar surface area (TPSA) is 70.4 Å². The van der Waals surface area contributed by atoms with E-state index in [0.717, 1.165) is 31.9 Å². The van der Waals surface area contributed by atoms with E-state index in [1.165, 1.54) is 6.26 Å². The van der Waals surface area contributed by atoms with Gasteiger partial charge in [-0.05, 0) is 0 Å². The number of nitrogens with one attached hydrogen (secondary N) is 2. The molecule has 1 aromatic heterocycles. The summed E-state index contributed by atoms with van der Waals surface area (Å²) >= 11 is 0. The third kappa shape index (κ3) is 3.32. The van der Waals surface area contributed by atoms with Crippen molar-refractivity contribution in [2.24, 2.45) is 0 Å². The van der Waals surface area contributed by atoms with Crippen LogP contribution in [0.4, 0.5) is 0 Å². The molecule has 0 aromatic carbocycles. The molecule has 1 fully saturated rings. The lowest BCUT2D eigenvalue weighted by atomic mass is 10.3. The molecule has 0 atom stereocenters. The van der Waals surface area contributed by atoms with Gasteiger partial charge in [0.25, 0.3) is 0 Å². The third-order valence-electron chi connectivity index (χ3n) is 2.53. The van der Waals surface area contributed by atoms with Gasteiger partial charge in [-0.3, -0.25) is 9.69 Å². The molecule has 0 saturated carbocycles. The molecule has 0 spiro atoms. The fraction of sp³-hybridized carbons (Fsp3) is 0.600. The van der Waals surface area contributed by atoms with Gasteiger partial charge < -0.3 is 15.2 Å². The predicted molar refractivity (Wildman–Crippen MR) is 57.7 cm³/mol. The first kappa shape index (κ1) is 11.1. The molecule has 88 valence electrons. The average Bonchev–Trinajstić information content (AvgIpc) is 2.81. The van der Waals surface area contributed by atoms with Crippen molar-refractivity contribution in [3.05, 3.63) is 18.0 Å². The number of carbonyl (C=O) groups excluding carboxylic acids is 1. The van der Waals surface area contributed by atoms with Crippen LogP contribution in [0.3, 0.4) is 0 Å². The Kier molecular flexibility index (Phi) is 3.90. The molecule has 1 aliphatic rings. The van der Waals surface area contributed by atoms with E-state index in [4.69, 9.17) is 0 Å². The Labute approximate surface area is 94.0 Å². The van der Waals surface area contributed by atoms with E-state index in [2.05, 4.69) is 25.2 Å². The van der Waals surface area contributed by atoms with Crippen LogP contribution >= 0.6 is 0 Å². The molecule has 0 bridgehead atoms. The summed E-state index contributed by atoms with van der Waals surface area (Å²) in [5, 5.41) is 9.78. The molecule has 2 N–H and O–H groups in total. The largest absolute Gasteiger partial charge is 0.364 e. The second-order valence-electron chi connectivity index (χ2n) is 3.79. The minimum Gasteiger partial charge on any atom is -0.364 e. The smallest absolute Gasteiger partial charge is 0.234 e. The predicted octanol–water partition coefficient (Wildman–Crippen LogP) is -0.804. The highest BCUT2D eigenvalue weighted by molar-refractivity contribution is 5.77. The Hall–Kier alpha value is -1.40. The van der Waals surface area contributed by atoms with E-state index in [1.54, 1.807) is 6.07 Å². The van der Waals surface area contributed by atoms with Crippen LogP contribution in [-0.4, -0.2) is 48.7 Å². The Morgan fingerprint density at radius 3 is 3.06 bits per heavy atom. The second-order valence-corrected chi connectivity index (χ2v) is 3.79. The van der Waals surface area contributed by atoms with Crippen LogP contribution in [0.5, 0.6) is 0 Å². The van der Waals surface area contributed by atoms with Crippen LogP contribution in [0, 0.1) is 0 Å². The fourth-order valence-corrected chi connectivity index (χ4v) is 1.65. The molecule has 6 nitrogen and oxygen atoms in total. The van der Waals surface area contributed by atoms with Crippen LogP contribution in [0.2, 0.25) is 0 Å². The number of nitrogens with zero attached hydrogens (tertiary/aromatic N) is 2. The molecule has 1 saturated heterocycles. The van der Waals surface area contributed by atoms with Crippen molar-refractivity contribution in [2.45, 2.75) is 6.54 Å². The van der Waals surface area contributed by atoms with Crippen molar-refractivity contribution < 1.29 is 9.32 Å². The summed E-state index contributed by atoms with van der Waals surface area (Å²) in [6.45, 7) is 4.66. The monoisotopic (exact) mass is 224 g/mol. The van der Waals surface area contributed by atoms with Gasteiger partial charge in [-0.2, -0.15) is 0 Å². The minimum atomic E-state index is 0.0323. The summed E-state index contributed by atoms with van der Waals surface area (Å²) in [6.07, 6.45) is 1.50. The van der Waals surface area contributed by atoms with Crippen LogP contribution in [-0.2, 0) is 11.3 Å². The molecule has 2 heterocycles. The molecule has 6 heteroatoms.